The van der Waals surface area contributed by atoms with E-state index in [0.29, 0.717) is 18.1 Å². The normalized spacial score (nSPS) is 23.5. The molecule has 2 aromatic rings. The second kappa shape index (κ2) is 6.54. The molecule has 1 fully saturated rings. The highest BCUT2D eigenvalue weighted by Crippen LogP contribution is 2.29. The van der Waals surface area contributed by atoms with Crippen molar-refractivity contribution < 1.29 is 4.74 Å². The summed E-state index contributed by atoms with van der Waals surface area (Å²) in [6.45, 7) is 3.12. The highest BCUT2D eigenvalue weighted by molar-refractivity contribution is 5.81. The van der Waals surface area contributed by atoms with E-state index in [1.807, 2.05) is 12.3 Å². The monoisotopic (exact) mass is 284 g/mol. The van der Waals surface area contributed by atoms with E-state index >= 15 is 0 Å². The van der Waals surface area contributed by atoms with Gasteiger partial charge in [-0.05, 0) is 44.0 Å². The maximum atomic E-state index is 5.87. The molecule has 3 atom stereocenters. The lowest BCUT2D eigenvalue weighted by atomic mass is 9.86. The number of aromatic nitrogens is 1. The minimum Gasteiger partial charge on any atom is -0.378 e. The number of fused-ring (bicyclic) bond motifs is 1. The fourth-order valence-electron chi connectivity index (χ4n) is 3.58. The molecule has 3 rings (SSSR count). The number of nitrogens with zero attached hydrogens (tertiary/aromatic N) is 1. The standard InChI is InChI=1S/C18H24N2O/c1-3-18-15(9-11-21-18)17(19-2)12-13-8-10-20-16-7-5-4-6-14(13)16/h4-8,10,15,17-19H,3,9,11-12H2,1-2H3. The highest BCUT2D eigenvalue weighted by Gasteiger charge is 2.33. The molecule has 21 heavy (non-hydrogen) atoms. The third-order valence-electron chi connectivity index (χ3n) is 4.73. The van der Waals surface area contributed by atoms with Crippen molar-refractivity contribution in [2.24, 2.45) is 5.92 Å². The zero-order chi connectivity index (χ0) is 14.7. The molecule has 0 amide bonds. The number of likely N-dealkylation sites (N-methyl/N-ethyl adjacent to an activating group) is 1. The Hall–Kier alpha value is -1.45. The van der Waals surface area contributed by atoms with E-state index in [9.17, 15) is 0 Å². The predicted octanol–water partition coefficient (Wildman–Crippen LogP) is 3.18. The molecule has 0 spiro atoms. The molecular formula is C18H24N2O. The van der Waals surface area contributed by atoms with Gasteiger partial charge in [-0.25, -0.2) is 0 Å². The van der Waals surface area contributed by atoms with Crippen LogP contribution in [-0.2, 0) is 11.2 Å². The fourth-order valence-corrected chi connectivity index (χ4v) is 3.58. The minimum absolute atomic E-state index is 0.399. The van der Waals surface area contributed by atoms with Crippen LogP contribution in [0.4, 0.5) is 0 Å². The average molecular weight is 284 g/mol. The number of rotatable bonds is 5. The molecule has 0 aliphatic carbocycles. The number of hydrogen-bond acceptors (Lipinski definition) is 3. The van der Waals surface area contributed by atoms with E-state index in [-0.39, 0.29) is 0 Å². The van der Waals surface area contributed by atoms with Gasteiger partial charge in [0.15, 0.2) is 0 Å². The molecule has 3 nitrogen and oxygen atoms in total. The van der Waals surface area contributed by atoms with Crippen LogP contribution >= 0.6 is 0 Å². The summed E-state index contributed by atoms with van der Waals surface area (Å²) < 4.78 is 5.87. The van der Waals surface area contributed by atoms with Crippen molar-refractivity contribution in [3.8, 4) is 0 Å². The Kier molecular flexibility index (Phi) is 4.51. The Morgan fingerprint density at radius 2 is 2.19 bits per heavy atom. The number of benzene rings is 1. The second-order valence-electron chi connectivity index (χ2n) is 5.86. The first kappa shape index (κ1) is 14.5. The van der Waals surface area contributed by atoms with E-state index in [4.69, 9.17) is 4.74 Å². The number of nitrogens with one attached hydrogen (secondary N) is 1. The van der Waals surface area contributed by atoms with Crippen molar-refractivity contribution in [1.82, 2.24) is 10.3 Å². The van der Waals surface area contributed by atoms with Crippen LogP contribution in [0, 0.1) is 5.92 Å². The summed E-state index contributed by atoms with van der Waals surface area (Å²) in [5.74, 6) is 0.604. The summed E-state index contributed by atoms with van der Waals surface area (Å²) in [5, 5.41) is 4.79. The van der Waals surface area contributed by atoms with Crippen molar-refractivity contribution >= 4 is 10.9 Å². The van der Waals surface area contributed by atoms with Crippen LogP contribution in [0.25, 0.3) is 10.9 Å². The molecule has 1 saturated heterocycles. The van der Waals surface area contributed by atoms with Crippen molar-refractivity contribution in [3.05, 3.63) is 42.1 Å². The summed E-state index contributed by atoms with van der Waals surface area (Å²) >= 11 is 0. The van der Waals surface area contributed by atoms with Crippen LogP contribution in [0.5, 0.6) is 0 Å². The van der Waals surface area contributed by atoms with Crippen LogP contribution in [0.1, 0.15) is 25.3 Å². The Labute approximate surface area is 126 Å². The van der Waals surface area contributed by atoms with Gasteiger partial charge in [0, 0.05) is 30.1 Å². The average Bonchev–Trinajstić information content (AvgIpc) is 3.01. The molecule has 1 aliphatic rings. The van der Waals surface area contributed by atoms with Gasteiger partial charge in [0.1, 0.15) is 0 Å². The van der Waals surface area contributed by atoms with Gasteiger partial charge in [-0.2, -0.15) is 0 Å². The van der Waals surface area contributed by atoms with E-state index < -0.39 is 0 Å². The summed E-state index contributed by atoms with van der Waals surface area (Å²) in [4.78, 5) is 4.46. The molecule has 0 bridgehead atoms. The first-order chi connectivity index (χ1) is 10.3. The lowest BCUT2D eigenvalue weighted by molar-refractivity contribution is 0.0783. The Morgan fingerprint density at radius 3 is 3.00 bits per heavy atom. The summed E-state index contributed by atoms with van der Waals surface area (Å²) in [5.41, 5.74) is 2.46. The fraction of sp³-hybridized carbons (Fsp3) is 0.500. The van der Waals surface area contributed by atoms with Crippen LogP contribution in [-0.4, -0.2) is 30.8 Å². The molecule has 0 saturated carbocycles. The van der Waals surface area contributed by atoms with E-state index in [1.54, 1.807) is 0 Å². The second-order valence-corrected chi connectivity index (χ2v) is 5.86. The molecule has 0 radical (unpaired) electrons. The van der Waals surface area contributed by atoms with Crippen LogP contribution in [0.3, 0.4) is 0 Å². The predicted molar refractivity (Wildman–Crippen MR) is 86.4 cm³/mol. The first-order valence-corrected chi connectivity index (χ1v) is 7.95. The molecule has 3 unspecified atom stereocenters. The Bertz CT molecular complexity index is 593. The van der Waals surface area contributed by atoms with E-state index in [1.165, 1.54) is 10.9 Å². The summed E-state index contributed by atoms with van der Waals surface area (Å²) in [6.07, 6.45) is 5.61. The summed E-state index contributed by atoms with van der Waals surface area (Å²) in [7, 11) is 2.07. The molecule has 3 heteroatoms. The van der Waals surface area contributed by atoms with Gasteiger partial charge in [-0.3, -0.25) is 4.98 Å². The van der Waals surface area contributed by atoms with Crippen molar-refractivity contribution in [2.75, 3.05) is 13.7 Å². The molecule has 1 N–H and O–H groups in total. The van der Waals surface area contributed by atoms with Crippen LogP contribution < -0.4 is 5.32 Å². The van der Waals surface area contributed by atoms with Gasteiger partial charge in [0.05, 0.1) is 11.6 Å². The van der Waals surface area contributed by atoms with Gasteiger partial charge in [0.25, 0.3) is 0 Å². The quantitative estimate of drug-likeness (QED) is 0.915. The molecule has 1 aliphatic heterocycles. The minimum atomic E-state index is 0.399. The zero-order valence-electron chi connectivity index (χ0n) is 12.9. The van der Waals surface area contributed by atoms with Gasteiger partial charge in [0.2, 0.25) is 0 Å². The molecule has 112 valence electrons. The maximum Gasteiger partial charge on any atom is 0.0704 e. The first-order valence-electron chi connectivity index (χ1n) is 7.95. The Balaban J connectivity index is 1.86. The number of ether oxygens (including phenoxy) is 1. The summed E-state index contributed by atoms with van der Waals surface area (Å²) in [6, 6.07) is 11.0. The smallest absolute Gasteiger partial charge is 0.0704 e. The molecular weight excluding hydrogens is 260 g/mol. The lowest BCUT2D eigenvalue weighted by Crippen LogP contribution is -2.39. The van der Waals surface area contributed by atoms with Gasteiger partial charge < -0.3 is 10.1 Å². The largest absolute Gasteiger partial charge is 0.378 e. The SMILES string of the molecule is CCC1OCCC1C(Cc1ccnc2ccccc12)NC. The van der Waals surface area contributed by atoms with Crippen molar-refractivity contribution in [3.63, 3.8) is 0 Å². The molecule has 1 aromatic carbocycles. The van der Waals surface area contributed by atoms with Gasteiger partial charge in [-0.1, -0.05) is 25.1 Å². The number of para-hydroxylation sites is 1. The van der Waals surface area contributed by atoms with Gasteiger partial charge in [-0.15, -0.1) is 0 Å². The Morgan fingerprint density at radius 1 is 1.33 bits per heavy atom. The lowest BCUT2D eigenvalue weighted by Gasteiger charge is -2.27. The van der Waals surface area contributed by atoms with Crippen molar-refractivity contribution in [1.29, 1.82) is 0 Å². The van der Waals surface area contributed by atoms with Crippen LogP contribution in [0.15, 0.2) is 36.5 Å². The van der Waals surface area contributed by atoms with E-state index in [2.05, 4.69) is 48.5 Å². The highest BCUT2D eigenvalue weighted by atomic mass is 16.5. The van der Waals surface area contributed by atoms with Gasteiger partial charge >= 0.3 is 0 Å². The topological polar surface area (TPSA) is 34.1 Å². The van der Waals surface area contributed by atoms with E-state index in [0.717, 1.165) is 31.4 Å². The number of pyridine rings is 1. The number of hydrogen-bond donors (Lipinski definition) is 1. The third kappa shape index (κ3) is 2.94. The molecule has 1 aromatic heterocycles. The third-order valence-corrected chi connectivity index (χ3v) is 4.73. The van der Waals surface area contributed by atoms with Crippen LogP contribution in [0.2, 0.25) is 0 Å². The maximum absolute atomic E-state index is 5.87. The van der Waals surface area contributed by atoms with Crippen molar-refractivity contribution in [2.45, 2.75) is 38.3 Å². The molecule has 2 heterocycles. The zero-order valence-corrected chi connectivity index (χ0v) is 12.9.